The Morgan fingerprint density at radius 3 is 2.35 bits per heavy atom. The van der Waals surface area contributed by atoms with E-state index in [9.17, 15) is 13.2 Å². The molecule has 0 aromatic heterocycles. The number of nitrogens with zero attached hydrogens (tertiary/aromatic N) is 3. The number of amides is 1. The number of carbonyl (C=O) groups is 1. The molecule has 1 aliphatic heterocycles. The summed E-state index contributed by atoms with van der Waals surface area (Å²) in [6, 6.07) is 23.7. The SMILES string of the molecule is CN(c1ccccc1)c1ccc(C=NNC(=O)c2cccc(S(=O)(=O)N3CCOCC3)c2)cc1. The zero-order valence-electron chi connectivity index (χ0n) is 18.8. The maximum Gasteiger partial charge on any atom is 0.271 e. The lowest BCUT2D eigenvalue weighted by atomic mass is 10.2. The highest BCUT2D eigenvalue weighted by Gasteiger charge is 2.26. The molecule has 0 unspecified atom stereocenters. The summed E-state index contributed by atoms with van der Waals surface area (Å²) in [6.07, 6.45) is 1.54. The molecule has 1 N–H and O–H groups in total. The van der Waals surface area contributed by atoms with E-state index in [1.54, 1.807) is 18.3 Å². The number of hydrogen-bond donors (Lipinski definition) is 1. The van der Waals surface area contributed by atoms with Crippen LogP contribution in [0, 0.1) is 0 Å². The number of morpholine rings is 1. The normalized spacial score (nSPS) is 14.7. The van der Waals surface area contributed by atoms with Crippen LogP contribution in [0.3, 0.4) is 0 Å². The van der Waals surface area contributed by atoms with Crippen LogP contribution < -0.4 is 10.3 Å². The maximum atomic E-state index is 12.8. The van der Waals surface area contributed by atoms with Crippen LogP contribution in [-0.4, -0.2) is 58.2 Å². The average Bonchev–Trinajstić information content (AvgIpc) is 2.89. The number of anilines is 2. The molecule has 1 fully saturated rings. The number of hydrazone groups is 1. The molecule has 0 aliphatic carbocycles. The van der Waals surface area contributed by atoms with Crippen LogP contribution in [0.2, 0.25) is 0 Å². The third-order valence-electron chi connectivity index (χ3n) is 5.51. The number of sulfonamides is 1. The molecule has 4 rings (SSSR count). The number of carbonyl (C=O) groups excluding carboxylic acids is 1. The highest BCUT2D eigenvalue weighted by molar-refractivity contribution is 7.89. The molecule has 3 aromatic rings. The lowest BCUT2D eigenvalue weighted by Crippen LogP contribution is -2.40. The number of rotatable bonds is 7. The first-order chi connectivity index (χ1) is 16.4. The van der Waals surface area contributed by atoms with Gasteiger partial charge < -0.3 is 9.64 Å². The summed E-state index contributed by atoms with van der Waals surface area (Å²) in [6.45, 7) is 1.31. The molecular formula is C25H26N4O4S. The van der Waals surface area contributed by atoms with Crippen molar-refractivity contribution in [1.82, 2.24) is 9.73 Å². The number of hydrogen-bond acceptors (Lipinski definition) is 6. The molecule has 0 radical (unpaired) electrons. The van der Waals surface area contributed by atoms with Gasteiger partial charge in [0.25, 0.3) is 5.91 Å². The topological polar surface area (TPSA) is 91.3 Å². The van der Waals surface area contributed by atoms with Crippen LogP contribution in [0.15, 0.2) is 88.9 Å². The molecule has 176 valence electrons. The summed E-state index contributed by atoms with van der Waals surface area (Å²) < 4.78 is 32.3. The van der Waals surface area contributed by atoms with Crippen molar-refractivity contribution in [3.05, 3.63) is 90.0 Å². The third kappa shape index (κ3) is 5.51. The first-order valence-corrected chi connectivity index (χ1v) is 12.3. The number of nitrogens with one attached hydrogen (secondary N) is 1. The van der Waals surface area contributed by atoms with E-state index >= 15 is 0 Å². The van der Waals surface area contributed by atoms with Gasteiger partial charge in [-0.2, -0.15) is 9.41 Å². The maximum absolute atomic E-state index is 12.8. The van der Waals surface area contributed by atoms with E-state index in [1.165, 1.54) is 16.4 Å². The van der Waals surface area contributed by atoms with Crippen molar-refractivity contribution >= 4 is 33.5 Å². The number of benzene rings is 3. The van der Waals surface area contributed by atoms with Crippen LogP contribution >= 0.6 is 0 Å². The molecule has 0 spiro atoms. The fourth-order valence-electron chi connectivity index (χ4n) is 3.55. The molecule has 9 heteroatoms. The van der Waals surface area contributed by atoms with Gasteiger partial charge in [-0.25, -0.2) is 13.8 Å². The predicted molar refractivity (Wildman–Crippen MR) is 132 cm³/mol. The van der Waals surface area contributed by atoms with Crippen molar-refractivity contribution in [2.45, 2.75) is 4.90 Å². The minimum absolute atomic E-state index is 0.0733. The number of para-hydroxylation sites is 1. The van der Waals surface area contributed by atoms with Gasteiger partial charge in [0.1, 0.15) is 0 Å². The average molecular weight is 479 g/mol. The van der Waals surface area contributed by atoms with E-state index < -0.39 is 15.9 Å². The van der Waals surface area contributed by atoms with Gasteiger partial charge in [0.05, 0.1) is 24.3 Å². The monoisotopic (exact) mass is 478 g/mol. The fourth-order valence-corrected chi connectivity index (χ4v) is 5.00. The summed E-state index contributed by atoms with van der Waals surface area (Å²) in [4.78, 5) is 14.7. The highest BCUT2D eigenvalue weighted by Crippen LogP contribution is 2.23. The van der Waals surface area contributed by atoms with E-state index in [4.69, 9.17) is 4.74 Å². The zero-order valence-corrected chi connectivity index (χ0v) is 19.6. The second kappa shape index (κ2) is 10.6. The minimum atomic E-state index is -3.68. The van der Waals surface area contributed by atoms with Crippen molar-refractivity contribution in [1.29, 1.82) is 0 Å². The Labute approximate surface area is 199 Å². The van der Waals surface area contributed by atoms with Crippen molar-refractivity contribution in [3.63, 3.8) is 0 Å². The van der Waals surface area contributed by atoms with Gasteiger partial charge >= 0.3 is 0 Å². The third-order valence-corrected chi connectivity index (χ3v) is 7.40. The van der Waals surface area contributed by atoms with Crippen LogP contribution in [-0.2, 0) is 14.8 Å². The Morgan fingerprint density at radius 2 is 1.65 bits per heavy atom. The van der Waals surface area contributed by atoms with E-state index in [0.717, 1.165) is 16.9 Å². The molecule has 0 bridgehead atoms. The summed E-state index contributed by atoms with van der Waals surface area (Å²) in [7, 11) is -1.69. The number of ether oxygens (including phenoxy) is 1. The summed E-state index contributed by atoms with van der Waals surface area (Å²) in [5.41, 5.74) is 5.59. The summed E-state index contributed by atoms with van der Waals surface area (Å²) >= 11 is 0. The van der Waals surface area contributed by atoms with Crippen molar-refractivity contribution < 1.29 is 17.9 Å². The second-order valence-corrected chi connectivity index (χ2v) is 9.67. The Hall–Kier alpha value is -3.53. The molecular weight excluding hydrogens is 452 g/mol. The second-order valence-electron chi connectivity index (χ2n) is 7.73. The van der Waals surface area contributed by atoms with E-state index in [1.807, 2.05) is 61.6 Å². The smallest absolute Gasteiger partial charge is 0.271 e. The zero-order chi connectivity index (χ0) is 24.0. The standard InChI is InChI=1S/C25H26N4O4S/c1-28(22-7-3-2-4-8-22)23-12-10-20(11-13-23)19-26-27-25(30)21-6-5-9-24(18-21)34(31,32)29-14-16-33-17-15-29/h2-13,18-19H,14-17H2,1H3,(H,27,30). The molecule has 1 saturated heterocycles. The van der Waals surface area contributed by atoms with E-state index in [0.29, 0.717) is 26.3 Å². The van der Waals surface area contributed by atoms with Crippen LogP contribution in [0.5, 0.6) is 0 Å². The molecule has 34 heavy (non-hydrogen) atoms. The Bertz CT molecular complexity index is 1260. The van der Waals surface area contributed by atoms with Crippen LogP contribution in [0.4, 0.5) is 11.4 Å². The highest BCUT2D eigenvalue weighted by atomic mass is 32.2. The Kier molecular flexibility index (Phi) is 7.36. The van der Waals surface area contributed by atoms with Gasteiger partial charge in [0, 0.05) is 37.1 Å². The van der Waals surface area contributed by atoms with Gasteiger partial charge in [0.15, 0.2) is 0 Å². The van der Waals surface area contributed by atoms with Gasteiger partial charge in [-0.1, -0.05) is 36.4 Å². The predicted octanol–water partition coefficient (Wildman–Crippen LogP) is 3.24. The van der Waals surface area contributed by atoms with Crippen molar-refractivity contribution in [2.75, 3.05) is 38.3 Å². The minimum Gasteiger partial charge on any atom is -0.379 e. The molecule has 1 heterocycles. The van der Waals surface area contributed by atoms with Crippen molar-refractivity contribution in [3.8, 4) is 0 Å². The molecule has 1 amide bonds. The molecule has 0 saturated carbocycles. The lowest BCUT2D eigenvalue weighted by molar-refractivity contribution is 0.0730. The van der Waals surface area contributed by atoms with E-state index in [2.05, 4.69) is 15.4 Å². The van der Waals surface area contributed by atoms with Crippen LogP contribution in [0.1, 0.15) is 15.9 Å². The van der Waals surface area contributed by atoms with E-state index in [-0.39, 0.29) is 10.5 Å². The van der Waals surface area contributed by atoms with Gasteiger partial charge in [-0.15, -0.1) is 0 Å². The Morgan fingerprint density at radius 1 is 0.971 bits per heavy atom. The van der Waals surface area contributed by atoms with Gasteiger partial charge in [0.2, 0.25) is 10.0 Å². The largest absolute Gasteiger partial charge is 0.379 e. The first kappa shape index (κ1) is 23.6. The molecule has 3 aromatic carbocycles. The van der Waals surface area contributed by atoms with Crippen LogP contribution in [0.25, 0.3) is 0 Å². The fraction of sp³-hybridized carbons (Fsp3) is 0.200. The summed E-state index contributed by atoms with van der Waals surface area (Å²) in [5.74, 6) is -0.490. The molecule has 1 aliphatic rings. The van der Waals surface area contributed by atoms with Gasteiger partial charge in [-0.05, 0) is 48.0 Å². The van der Waals surface area contributed by atoms with Gasteiger partial charge in [-0.3, -0.25) is 4.79 Å². The molecule has 0 atom stereocenters. The Balaban J connectivity index is 1.39. The first-order valence-electron chi connectivity index (χ1n) is 10.9. The quantitative estimate of drug-likeness (QED) is 0.416. The molecule has 8 nitrogen and oxygen atoms in total. The summed E-state index contributed by atoms with van der Waals surface area (Å²) in [5, 5.41) is 4.02. The van der Waals surface area contributed by atoms with Crippen molar-refractivity contribution in [2.24, 2.45) is 5.10 Å². The lowest BCUT2D eigenvalue weighted by Gasteiger charge is -2.26.